The maximum absolute atomic E-state index is 3.56. The highest BCUT2D eigenvalue weighted by Crippen LogP contribution is 2.30. The first-order valence-corrected chi connectivity index (χ1v) is 8.28. The molecule has 0 spiro atoms. The molecule has 3 heteroatoms. The predicted octanol–water partition coefficient (Wildman–Crippen LogP) is 3.39. The Morgan fingerprint density at radius 2 is 2.27 bits per heavy atom. The van der Waals surface area contributed by atoms with Gasteiger partial charge in [0.2, 0.25) is 0 Å². The average Bonchev–Trinajstić information content (AvgIpc) is 2.61. The molecule has 1 nitrogen and oxygen atoms in total. The van der Waals surface area contributed by atoms with E-state index in [1.807, 2.05) is 0 Å². The van der Waals surface area contributed by atoms with Gasteiger partial charge in [-0.25, -0.2) is 0 Å². The molecule has 1 aliphatic rings. The van der Waals surface area contributed by atoms with Crippen molar-refractivity contribution in [3.8, 4) is 0 Å². The highest BCUT2D eigenvalue weighted by molar-refractivity contribution is 8.00. The SMILES string of the molecule is CCNC1CS[C@H](CCCSC(C)C)C1. The first-order valence-electron chi connectivity index (χ1n) is 6.19. The number of hydrogen-bond donors (Lipinski definition) is 1. The number of hydrogen-bond acceptors (Lipinski definition) is 3. The molecule has 1 aliphatic heterocycles. The van der Waals surface area contributed by atoms with Crippen molar-refractivity contribution in [2.45, 2.75) is 56.6 Å². The van der Waals surface area contributed by atoms with Crippen LogP contribution in [0.1, 0.15) is 40.0 Å². The molecule has 1 unspecified atom stereocenters. The van der Waals surface area contributed by atoms with E-state index in [1.165, 1.54) is 30.8 Å². The molecule has 0 radical (unpaired) electrons. The Morgan fingerprint density at radius 1 is 1.47 bits per heavy atom. The van der Waals surface area contributed by atoms with Crippen molar-refractivity contribution < 1.29 is 0 Å². The van der Waals surface area contributed by atoms with Gasteiger partial charge in [0.25, 0.3) is 0 Å². The number of nitrogens with one attached hydrogen (secondary N) is 1. The van der Waals surface area contributed by atoms with E-state index in [1.54, 1.807) is 0 Å². The summed E-state index contributed by atoms with van der Waals surface area (Å²) in [5.74, 6) is 2.68. The maximum atomic E-state index is 3.56. The van der Waals surface area contributed by atoms with Gasteiger partial charge in [-0.2, -0.15) is 23.5 Å². The van der Waals surface area contributed by atoms with Crippen LogP contribution in [0.2, 0.25) is 0 Å². The van der Waals surface area contributed by atoms with E-state index in [0.29, 0.717) is 0 Å². The Hall–Kier alpha value is 0.660. The van der Waals surface area contributed by atoms with Gasteiger partial charge < -0.3 is 5.32 Å². The molecular weight excluding hydrogens is 222 g/mol. The maximum Gasteiger partial charge on any atom is 0.0168 e. The van der Waals surface area contributed by atoms with Crippen molar-refractivity contribution >= 4 is 23.5 Å². The van der Waals surface area contributed by atoms with Crippen molar-refractivity contribution in [2.75, 3.05) is 18.1 Å². The van der Waals surface area contributed by atoms with E-state index in [9.17, 15) is 0 Å². The smallest absolute Gasteiger partial charge is 0.0168 e. The zero-order valence-corrected chi connectivity index (χ0v) is 11.9. The van der Waals surface area contributed by atoms with Crippen LogP contribution in [0, 0.1) is 0 Å². The standard InChI is InChI=1S/C12H25NS2/c1-4-13-11-8-12(15-9-11)6-5-7-14-10(2)3/h10-13H,4-9H2,1-3H3/t11?,12-/m1/s1. The first kappa shape index (κ1) is 13.7. The van der Waals surface area contributed by atoms with E-state index < -0.39 is 0 Å². The Balaban J connectivity index is 1.99. The molecular formula is C12H25NS2. The molecule has 1 N–H and O–H groups in total. The highest BCUT2D eigenvalue weighted by Gasteiger charge is 2.23. The predicted molar refractivity (Wildman–Crippen MR) is 75.2 cm³/mol. The zero-order chi connectivity index (χ0) is 11.1. The van der Waals surface area contributed by atoms with E-state index in [4.69, 9.17) is 0 Å². The molecule has 2 atom stereocenters. The largest absolute Gasteiger partial charge is 0.313 e. The Morgan fingerprint density at radius 3 is 2.93 bits per heavy atom. The van der Waals surface area contributed by atoms with Crippen LogP contribution >= 0.6 is 23.5 Å². The lowest BCUT2D eigenvalue weighted by Gasteiger charge is -2.11. The van der Waals surface area contributed by atoms with E-state index in [0.717, 1.165) is 23.1 Å². The quantitative estimate of drug-likeness (QED) is 0.693. The number of thioether (sulfide) groups is 2. The monoisotopic (exact) mass is 247 g/mol. The zero-order valence-electron chi connectivity index (χ0n) is 10.3. The molecule has 1 heterocycles. The summed E-state index contributed by atoms with van der Waals surface area (Å²) >= 11 is 4.28. The van der Waals surface area contributed by atoms with Crippen LogP contribution in [-0.2, 0) is 0 Å². The fourth-order valence-corrected chi connectivity index (χ4v) is 4.23. The minimum absolute atomic E-state index is 0.794. The van der Waals surface area contributed by atoms with Crippen LogP contribution in [0.5, 0.6) is 0 Å². The first-order chi connectivity index (χ1) is 7.22. The summed E-state index contributed by atoms with van der Waals surface area (Å²) < 4.78 is 0. The summed E-state index contributed by atoms with van der Waals surface area (Å²) in [6, 6.07) is 0.794. The molecule has 0 aromatic rings. The summed E-state index contributed by atoms with van der Waals surface area (Å²) in [6.07, 6.45) is 4.22. The Kier molecular flexibility index (Phi) is 7.19. The Labute approximate surface area is 104 Å². The van der Waals surface area contributed by atoms with Crippen LogP contribution in [0.4, 0.5) is 0 Å². The average molecular weight is 247 g/mol. The van der Waals surface area contributed by atoms with Crippen LogP contribution in [-0.4, -0.2) is 34.6 Å². The lowest BCUT2D eigenvalue weighted by atomic mass is 10.1. The van der Waals surface area contributed by atoms with Gasteiger partial charge >= 0.3 is 0 Å². The number of rotatable bonds is 7. The normalized spacial score (nSPS) is 26.4. The van der Waals surface area contributed by atoms with Gasteiger partial charge in [0.15, 0.2) is 0 Å². The summed E-state index contributed by atoms with van der Waals surface area (Å²) in [7, 11) is 0. The van der Waals surface area contributed by atoms with Gasteiger partial charge in [-0.05, 0) is 36.8 Å². The topological polar surface area (TPSA) is 12.0 Å². The minimum atomic E-state index is 0.794. The van der Waals surface area contributed by atoms with Gasteiger partial charge in [0, 0.05) is 17.0 Å². The van der Waals surface area contributed by atoms with Gasteiger partial charge in [0.05, 0.1) is 0 Å². The molecule has 1 saturated heterocycles. The third kappa shape index (κ3) is 6.08. The van der Waals surface area contributed by atoms with Crippen molar-refractivity contribution in [3.05, 3.63) is 0 Å². The van der Waals surface area contributed by atoms with Crippen molar-refractivity contribution in [2.24, 2.45) is 0 Å². The molecule has 0 aromatic carbocycles. The molecule has 0 bridgehead atoms. The molecule has 90 valence electrons. The second-order valence-corrected chi connectivity index (χ2v) is 7.53. The lowest BCUT2D eigenvalue weighted by molar-refractivity contribution is 0.537. The van der Waals surface area contributed by atoms with Crippen molar-refractivity contribution in [1.82, 2.24) is 5.32 Å². The van der Waals surface area contributed by atoms with Crippen LogP contribution < -0.4 is 5.32 Å². The molecule has 0 amide bonds. The van der Waals surface area contributed by atoms with Gasteiger partial charge in [-0.3, -0.25) is 0 Å². The second kappa shape index (κ2) is 7.86. The summed E-state index contributed by atoms with van der Waals surface area (Å²) in [5, 5.41) is 5.29. The molecule has 0 aromatic heterocycles. The summed E-state index contributed by atoms with van der Waals surface area (Å²) in [5.41, 5.74) is 0. The summed E-state index contributed by atoms with van der Waals surface area (Å²) in [6.45, 7) is 7.91. The van der Waals surface area contributed by atoms with Crippen LogP contribution in [0.3, 0.4) is 0 Å². The van der Waals surface area contributed by atoms with E-state index >= 15 is 0 Å². The lowest BCUT2D eigenvalue weighted by Crippen LogP contribution is -2.28. The third-order valence-electron chi connectivity index (χ3n) is 2.69. The van der Waals surface area contributed by atoms with Crippen molar-refractivity contribution in [3.63, 3.8) is 0 Å². The third-order valence-corrected chi connectivity index (χ3v) is 5.38. The van der Waals surface area contributed by atoms with Crippen LogP contribution in [0.15, 0.2) is 0 Å². The van der Waals surface area contributed by atoms with Gasteiger partial charge in [-0.15, -0.1) is 0 Å². The molecule has 1 rings (SSSR count). The molecule has 0 saturated carbocycles. The van der Waals surface area contributed by atoms with E-state index in [-0.39, 0.29) is 0 Å². The fraction of sp³-hybridized carbons (Fsp3) is 1.00. The fourth-order valence-electron chi connectivity index (χ4n) is 1.97. The van der Waals surface area contributed by atoms with Gasteiger partial charge in [0.1, 0.15) is 0 Å². The summed E-state index contributed by atoms with van der Waals surface area (Å²) in [4.78, 5) is 0. The molecule has 1 fully saturated rings. The molecule has 0 aliphatic carbocycles. The highest BCUT2D eigenvalue weighted by atomic mass is 32.2. The van der Waals surface area contributed by atoms with E-state index in [2.05, 4.69) is 49.6 Å². The second-order valence-electron chi connectivity index (χ2n) is 4.51. The van der Waals surface area contributed by atoms with Gasteiger partial charge in [-0.1, -0.05) is 20.8 Å². The van der Waals surface area contributed by atoms with Crippen LogP contribution in [0.25, 0.3) is 0 Å². The minimum Gasteiger partial charge on any atom is -0.313 e. The molecule has 15 heavy (non-hydrogen) atoms. The van der Waals surface area contributed by atoms with Crippen molar-refractivity contribution in [1.29, 1.82) is 0 Å². The Bertz CT molecular complexity index is 162.